The molecule has 4 rings (SSSR count). The number of rotatable bonds is 3. The van der Waals surface area contributed by atoms with Crippen molar-refractivity contribution in [3.63, 3.8) is 0 Å². The molecule has 136 valence electrons. The van der Waals surface area contributed by atoms with Gasteiger partial charge in [-0.05, 0) is 83.8 Å². The van der Waals surface area contributed by atoms with Gasteiger partial charge in [-0.1, -0.05) is 12.1 Å². The molecule has 0 spiro atoms. The molecule has 5 nitrogen and oxygen atoms in total. The molecule has 1 aliphatic carbocycles. The minimum Gasteiger partial charge on any atom is -0.508 e. The predicted molar refractivity (Wildman–Crippen MR) is 113 cm³/mol. The van der Waals surface area contributed by atoms with Crippen molar-refractivity contribution < 1.29 is 9.90 Å². The Bertz CT molecular complexity index is 1030. The van der Waals surface area contributed by atoms with E-state index in [1.807, 2.05) is 37.3 Å². The number of nitrogens with zero attached hydrogens (tertiary/aromatic N) is 2. The highest BCUT2D eigenvalue weighted by atomic mass is 127. The summed E-state index contributed by atoms with van der Waals surface area (Å²) in [6, 6.07) is 13.2. The summed E-state index contributed by atoms with van der Waals surface area (Å²) >= 11 is 2.24. The number of phenols is 1. The number of anilines is 1. The number of carbonyl (C=O) groups excluding carboxylic acids is 1. The summed E-state index contributed by atoms with van der Waals surface area (Å²) in [6.45, 7) is 1.85. The van der Waals surface area contributed by atoms with Gasteiger partial charge in [-0.15, -0.1) is 0 Å². The van der Waals surface area contributed by atoms with Crippen LogP contribution in [0.15, 0.2) is 42.5 Å². The number of phenolic OH excluding ortho intramolecular Hbond substituents is 1. The Morgan fingerprint density at radius 1 is 1.15 bits per heavy atom. The zero-order valence-corrected chi connectivity index (χ0v) is 16.9. The Hall–Kier alpha value is -2.48. The molecular formula is C21H18IN3O2. The number of aromatic nitrogens is 2. The number of carbonyl (C=O) groups is 1. The lowest BCUT2D eigenvalue weighted by atomic mass is 9.91. The van der Waals surface area contributed by atoms with Crippen molar-refractivity contribution in [2.45, 2.75) is 26.2 Å². The molecule has 1 aromatic heterocycles. The van der Waals surface area contributed by atoms with Gasteiger partial charge in [0.05, 0.1) is 23.5 Å². The van der Waals surface area contributed by atoms with E-state index < -0.39 is 0 Å². The van der Waals surface area contributed by atoms with Crippen LogP contribution in [0.4, 0.5) is 5.82 Å². The van der Waals surface area contributed by atoms with Gasteiger partial charge >= 0.3 is 0 Å². The van der Waals surface area contributed by atoms with E-state index in [1.165, 1.54) is 0 Å². The number of amides is 1. The second kappa shape index (κ2) is 7.26. The Kier molecular flexibility index (Phi) is 4.82. The number of halogens is 1. The molecular weight excluding hydrogens is 453 g/mol. The summed E-state index contributed by atoms with van der Waals surface area (Å²) < 4.78 is 1.14. The highest BCUT2D eigenvalue weighted by Gasteiger charge is 2.21. The SMILES string of the molecule is Cc1nc2c(nc1NC(=O)Cc1ccc(I)cc1)CCc1cc(O)ccc1-2. The van der Waals surface area contributed by atoms with Crippen LogP contribution in [0, 0.1) is 10.5 Å². The molecule has 0 radical (unpaired) electrons. The fraction of sp³-hybridized carbons (Fsp3) is 0.190. The summed E-state index contributed by atoms with van der Waals surface area (Å²) in [5, 5.41) is 12.6. The first-order valence-electron chi connectivity index (χ1n) is 8.73. The Balaban J connectivity index is 1.57. The third-order valence-corrected chi connectivity index (χ3v) is 5.37. The Morgan fingerprint density at radius 2 is 1.93 bits per heavy atom. The van der Waals surface area contributed by atoms with E-state index in [-0.39, 0.29) is 11.7 Å². The molecule has 3 aromatic rings. The summed E-state index contributed by atoms with van der Waals surface area (Å²) in [4.78, 5) is 21.8. The zero-order chi connectivity index (χ0) is 19.0. The quantitative estimate of drug-likeness (QED) is 0.566. The van der Waals surface area contributed by atoms with E-state index in [1.54, 1.807) is 12.1 Å². The lowest BCUT2D eigenvalue weighted by molar-refractivity contribution is -0.115. The van der Waals surface area contributed by atoms with Gasteiger partial charge in [-0.2, -0.15) is 0 Å². The van der Waals surface area contributed by atoms with Crippen LogP contribution < -0.4 is 5.32 Å². The second-order valence-corrected chi connectivity index (χ2v) is 7.89. The number of nitrogens with one attached hydrogen (secondary N) is 1. The molecule has 6 heteroatoms. The lowest BCUT2D eigenvalue weighted by Crippen LogP contribution is -2.19. The Morgan fingerprint density at radius 3 is 2.70 bits per heavy atom. The van der Waals surface area contributed by atoms with Gasteiger partial charge in [0.1, 0.15) is 5.75 Å². The monoisotopic (exact) mass is 471 g/mol. The summed E-state index contributed by atoms with van der Waals surface area (Å²) in [6.07, 6.45) is 1.83. The number of fused-ring (bicyclic) bond motifs is 3. The van der Waals surface area contributed by atoms with Gasteiger partial charge < -0.3 is 10.4 Å². The largest absolute Gasteiger partial charge is 0.508 e. The molecule has 1 amide bonds. The van der Waals surface area contributed by atoms with E-state index >= 15 is 0 Å². The van der Waals surface area contributed by atoms with E-state index in [2.05, 4.69) is 32.9 Å². The molecule has 0 saturated carbocycles. The number of benzene rings is 2. The van der Waals surface area contributed by atoms with Crippen molar-refractivity contribution in [1.29, 1.82) is 0 Å². The van der Waals surface area contributed by atoms with Crippen molar-refractivity contribution in [2.75, 3.05) is 5.32 Å². The van der Waals surface area contributed by atoms with E-state index in [0.717, 1.165) is 44.5 Å². The maximum absolute atomic E-state index is 12.4. The molecule has 1 aliphatic rings. The van der Waals surface area contributed by atoms with Gasteiger partial charge in [0.2, 0.25) is 5.91 Å². The molecule has 2 N–H and O–H groups in total. The first kappa shape index (κ1) is 17.9. The van der Waals surface area contributed by atoms with E-state index in [9.17, 15) is 9.90 Å². The average molecular weight is 471 g/mol. The third kappa shape index (κ3) is 3.80. The molecule has 0 fully saturated rings. The molecule has 2 aromatic carbocycles. The molecule has 0 atom stereocenters. The highest BCUT2D eigenvalue weighted by Crippen LogP contribution is 2.34. The first-order valence-corrected chi connectivity index (χ1v) is 9.81. The molecule has 1 heterocycles. The average Bonchev–Trinajstić information content (AvgIpc) is 2.64. The van der Waals surface area contributed by atoms with Crippen molar-refractivity contribution in [3.8, 4) is 17.0 Å². The van der Waals surface area contributed by atoms with Gasteiger partial charge in [-0.25, -0.2) is 9.97 Å². The number of aryl methyl sites for hydroxylation is 3. The Labute approximate surface area is 171 Å². The zero-order valence-electron chi connectivity index (χ0n) is 14.8. The van der Waals surface area contributed by atoms with Crippen LogP contribution in [-0.4, -0.2) is 21.0 Å². The molecule has 0 unspecified atom stereocenters. The molecule has 0 saturated heterocycles. The van der Waals surface area contributed by atoms with Gasteiger partial charge in [0.25, 0.3) is 0 Å². The van der Waals surface area contributed by atoms with Crippen LogP contribution in [0.2, 0.25) is 0 Å². The second-order valence-electron chi connectivity index (χ2n) is 6.65. The summed E-state index contributed by atoms with van der Waals surface area (Å²) in [5.74, 6) is 0.683. The minimum absolute atomic E-state index is 0.102. The van der Waals surface area contributed by atoms with E-state index in [4.69, 9.17) is 4.98 Å². The minimum atomic E-state index is -0.102. The topological polar surface area (TPSA) is 75.1 Å². The van der Waals surface area contributed by atoms with Crippen LogP contribution in [0.5, 0.6) is 5.75 Å². The smallest absolute Gasteiger partial charge is 0.229 e. The fourth-order valence-corrected chi connectivity index (χ4v) is 3.66. The van der Waals surface area contributed by atoms with Crippen LogP contribution in [0.25, 0.3) is 11.3 Å². The fourth-order valence-electron chi connectivity index (χ4n) is 3.30. The molecule has 27 heavy (non-hydrogen) atoms. The maximum atomic E-state index is 12.4. The lowest BCUT2D eigenvalue weighted by Gasteiger charge is -2.20. The molecule has 0 bridgehead atoms. The summed E-state index contributed by atoms with van der Waals surface area (Å²) in [5.41, 5.74) is 5.44. The normalized spacial score (nSPS) is 12.2. The highest BCUT2D eigenvalue weighted by molar-refractivity contribution is 14.1. The van der Waals surface area contributed by atoms with Crippen molar-refractivity contribution >= 4 is 34.3 Å². The standard InChI is InChI=1S/C21H18IN3O2/c1-12-21(25-19(27)10-13-2-5-15(22)6-3-13)24-18-9-4-14-11-16(26)7-8-17(14)20(18)23-12/h2-3,5-8,11,26H,4,9-10H2,1H3,(H,24,25,27). The maximum Gasteiger partial charge on any atom is 0.229 e. The van der Waals surface area contributed by atoms with Crippen LogP contribution in [0.3, 0.4) is 0 Å². The predicted octanol–water partition coefficient (Wildman–Crippen LogP) is 4.04. The van der Waals surface area contributed by atoms with E-state index in [0.29, 0.717) is 17.9 Å². The number of hydrogen-bond acceptors (Lipinski definition) is 4. The third-order valence-electron chi connectivity index (χ3n) is 4.65. The molecule has 0 aliphatic heterocycles. The van der Waals surface area contributed by atoms with Gasteiger partial charge in [0, 0.05) is 9.13 Å². The van der Waals surface area contributed by atoms with Crippen LogP contribution in [0.1, 0.15) is 22.5 Å². The summed E-state index contributed by atoms with van der Waals surface area (Å²) in [7, 11) is 0. The van der Waals surface area contributed by atoms with Gasteiger partial charge in [0.15, 0.2) is 5.82 Å². The van der Waals surface area contributed by atoms with Crippen molar-refractivity contribution in [1.82, 2.24) is 9.97 Å². The van der Waals surface area contributed by atoms with Crippen LogP contribution in [-0.2, 0) is 24.1 Å². The number of hydrogen-bond donors (Lipinski definition) is 2. The number of aromatic hydroxyl groups is 1. The van der Waals surface area contributed by atoms with Crippen molar-refractivity contribution in [2.24, 2.45) is 0 Å². The van der Waals surface area contributed by atoms with Crippen molar-refractivity contribution in [3.05, 3.63) is 68.5 Å². The van der Waals surface area contributed by atoms with Crippen LogP contribution >= 0.6 is 22.6 Å². The van der Waals surface area contributed by atoms with Gasteiger partial charge in [-0.3, -0.25) is 4.79 Å². The first-order chi connectivity index (χ1) is 13.0.